The lowest BCUT2D eigenvalue weighted by Gasteiger charge is -2.12. The van der Waals surface area contributed by atoms with Crippen molar-refractivity contribution < 1.29 is 13.9 Å². The Labute approximate surface area is 171 Å². The summed E-state index contributed by atoms with van der Waals surface area (Å²) in [6.07, 6.45) is 0.470. The fourth-order valence-corrected chi connectivity index (χ4v) is 3.06. The fraction of sp³-hybridized carbons (Fsp3) is 0.190. The fourth-order valence-electron chi connectivity index (χ4n) is 3.06. The van der Waals surface area contributed by atoms with Crippen molar-refractivity contribution in [3.63, 3.8) is 0 Å². The quantitative estimate of drug-likeness (QED) is 0.489. The molecule has 0 saturated carbocycles. The first kappa shape index (κ1) is 19.4. The van der Waals surface area contributed by atoms with Crippen molar-refractivity contribution in [1.29, 1.82) is 0 Å². The van der Waals surface area contributed by atoms with E-state index < -0.39 is 0 Å². The minimum absolute atomic E-state index is 0.229. The molecule has 2 heterocycles. The van der Waals surface area contributed by atoms with E-state index in [1.165, 1.54) is 12.1 Å². The number of nitrogens with zero attached hydrogens (tertiary/aromatic N) is 4. The summed E-state index contributed by atoms with van der Waals surface area (Å²) >= 11 is 0. The molecule has 152 valence electrons. The summed E-state index contributed by atoms with van der Waals surface area (Å²) in [4.78, 5) is 17.2. The predicted octanol–water partition coefficient (Wildman–Crippen LogP) is 2.93. The number of tetrazole rings is 1. The van der Waals surface area contributed by atoms with Gasteiger partial charge in [-0.25, -0.2) is 9.37 Å². The van der Waals surface area contributed by atoms with Gasteiger partial charge in [-0.2, -0.15) is 5.21 Å². The van der Waals surface area contributed by atoms with Crippen molar-refractivity contribution >= 4 is 16.8 Å². The third kappa shape index (κ3) is 4.24. The van der Waals surface area contributed by atoms with Gasteiger partial charge in [-0.1, -0.05) is 5.21 Å². The molecule has 4 aromatic rings. The van der Waals surface area contributed by atoms with Gasteiger partial charge in [0.05, 0.1) is 17.8 Å². The van der Waals surface area contributed by atoms with E-state index in [0.29, 0.717) is 47.9 Å². The number of H-pyrrole nitrogens is 1. The van der Waals surface area contributed by atoms with Gasteiger partial charge in [-0.15, -0.1) is 10.2 Å². The van der Waals surface area contributed by atoms with Gasteiger partial charge < -0.3 is 10.1 Å². The molecule has 0 unspecified atom stereocenters. The number of fused-ring (bicyclic) bond motifs is 1. The average molecular weight is 406 g/mol. The second-order valence-corrected chi connectivity index (χ2v) is 6.51. The van der Waals surface area contributed by atoms with E-state index in [2.05, 4.69) is 30.9 Å². The van der Waals surface area contributed by atoms with Crippen LogP contribution in [-0.2, 0) is 6.42 Å². The lowest BCUT2D eigenvalue weighted by Crippen LogP contribution is -2.26. The normalized spacial score (nSPS) is 10.9. The zero-order valence-electron chi connectivity index (χ0n) is 16.2. The number of aromatic amines is 1. The molecule has 0 spiro atoms. The summed E-state index contributed by atoms with van der Waals surface area (Å²) in [6.45, 7) is 2.76. The van der Waals surface area contributed by atoms with Crippen LogP contribution in [-0.4, -0.2) is 44.7 Å². The summed E-state index contributed by atoms with van der Waals surface area (Å²) in [5, 5.41) is 17.2. The molecule has 0 atom stereocenters. The van der Waals surface area contributed by atoms with Crippen LogP contribution in [0.1, 0.15) is 23.1 Å². The highest BCUT2D eigenvalue weighted by atomic mass is 19.1. The van der Waals surface area contributed by atoms with E-state index in [0.717, 1.165) is 10.9 Å². The van der Waals surface area contributed by atoms with Crippen LogP contribution >= 0.6 is 0 Å². The Morgan fingerprint density at radius 3 is 2.73 bits per heavy atom. The second-order valence-electron chi connectivity index (χ2n) is 6.51. The van der Waals surface area contributed by atoms with Gasteiger partial charge in [-0.3, -0.25) is 4.79 Å². The third-order valence-electron chi connectivity index (χ3n) is 4.50. The summed E-state index contributed by atoms with van der Waals surface area (Å²) in [6, 6.07) is 13.2. The minimum atomic E-state index is -0.315. The molecule has 0 bridgehead atoms. The highest BCUT2D eigenvalue weighted by molar-refractivity contribution is 5.99. The average Bonchev–Trinajstić information content (AvgIpc) is 3.27. The SMILES string of the molecule is CCOc1cc(-c2ccc(F)cc2)nc2cc(C(=O)NCCc3nn[nH]n3)ccc12. The number of hydrogen-bond acceptors (Lipinski definition) is 6. The highest BCUT2D eigenvalue weighted by Gasteiger charge is 2.13. The molecule has 30 heavy (non-hydrogen) atoms. The number of rotatable bonds is 7. The molecule has 0 aliphatic carbocycles. The molecule has 1 amide bonds. The van der Waals surface area contributed by atoms with Crippen LogP contribution in [0, 0.1) is 5.82 Å². The monoisotopic (exact) mass is 406 g/mol. The largest absolute Gasteiger partial charge is 0.493 e. The van der Waals surface area contributed by atoms with Gasteiger partial charge in [0, 0.05) is 35.5 Å². The molecule has 0 aliphatic heterocycles. The van der Waals surface area contributed by atoms with Crippen LogP contribution in [0.15, 0.2) is 48.5 Å². The topological polar surface area (TPSA) is 106 Å². The maximum atomic E-state index is 13.3. The number of carbonyl (C=O) groups excluding carboxylic acids is 1. The Morgan fingerprint density at radius 2 is 2.00 bits per heavy atom. The maximum absolute atomic E-state index is 13.3. The van der Waals surface area contributed by atoms with Gasteiger partial charge >= 0.3 is 0 Å². The molecule has 2 aromatic carbocycles. The molecule has 2 N–H and O–H groups in total. The molecule has 8 nitrogen and oxygen atoms in total. The number of amides is 1. The third-order valence-corrected chi connectivity index (χ3v) is 4.50. The molecule has 9 heteroatoms. The number of halogens is 1. The van der Waals surface area contributed by atoms with Crippen LogP contribution in [0.25, 0.3) is 22.2 Å². The van der Waals surface area contributed by atoms with Gasteiger partial charge in [0.1, 0.15) is 11.6 Å². The summed E-state index contributed by atoms with van der Waals surface area (Å²) < 4.78 is 19.1. The number of ether oxygens (including phenoxy) is 1. The molecular formula is C21H19FN6O2. The van der Waals surface area contributed by atoms with E-state index in [4.69, 9.17) is 4.74 Å². The lowest BCUT2D eigenvalue weighted by molar-refractivity contribution is 0.0954. The Balaban J connectivity index is 1.62. The van der Waals surface area contributed by atoms with Gasteiger partial charge in [0.25, 0.3) is 5.91 Å². The molecule has 0 fully saturated rings. The van der Waals surface area contributed by atoms with Crippen molar-refractivity contribution in [2.45, 2.75) is 13.3 Å². The van der Waals surface area contributed by atoms with Gasteiger partial charge in [0.2, 0.25) is 0 Å². The summed E-state index contributed by atoms with van der Waals surface area (Å²) in [5.41, 5.74) is 2.49. The number of aromatic nitrogens is 5. The summed E-state index contributed by atoms with van der Waals surface area (Å²) in [5.74, 6) is 0.642. The first-order valence-electron chi connectivity index (χ1n) is 9.48. The molecule has 0 radical (unpaired) electrons. The van der Waals surface area contributed by atoms with Crippen LogP contribution in [0.2, 0.25) is 0 Å². The van der Waals surface area contributed by atoms with Gasteiger partial charge in [0.15, 0.2) is 5.82 Å². The Hall–Kier alpha value is -3.88. The Bertz CT molecular complexity index is 1160. The van der Waals surface area contributed by atoms with E-state index in [1.807, 2.05) is 19.1 Å². The summed E-state index contributed by atoms with van der Waals surface area (Å²) in [7, 11) is 0. The van der Waals surface area contributed by atoms with E-state index >= 15 is 0 Å². The Morgan fingerprint density at radius 1 is 1.17 bits per heavy atom. The van der Waals surface area contributed by atoms with Crippen LogP contribution in [0.3, 0.4) is 0 Å². The number of carbonyl (C=O) groups is 1. The first-order chi connectivity index (χ1) is 14.6. The number of pyridine rings is 1. The number of benzene rings is 2. The van der Waals surface area contributed by atoms with Crippen molar-refractivity contribution in [2.24, 2.45) is 0 Å². The smallest absolute Gasteiger partial charge is 0.251 e. The number of nitrogens with one attached hydrogen (secondary N) is 2. The maximum Gasteiger partial charge on any atom is 0.251 e. The van der Waals surface area contributed by atoms with Crippen molar-refractivity contribution in [3.05, 3.63) is 65.7 Å². The van der Waals surface area contributed by atoms with E-state index in [-0.39, 0.29) is 11.7 Å². The second kappa shape index (κ2) is 8.64. The van der Waals surface area contributed by atoms with Crippen LogP contribution in [0.5, 0.6) is 5.75 Å². The molecule has 4 rings (SSSR count). The zero-order valence-corrected chi connectivity index (χ0v) is 16.2. The molecule has 2 aromatic heterocycles. The Kier molecular flexibility index (Phi) is 5.60. The first-order valence-corrected chi connectivity index (χ1v) is 9.48. The van der Waals surface area contributed by atoms with Gasteiger partial charge in [-0.05, 0) is 49.4 Å². The van der Waals surface area contributed by atoms with Crippen LogP contribution < -0.4 is 10.1 Å². The predicted molar refractivity (Wildman–Crippen MR) is 109 cm³/mol. The molecule has 0 aliphatic rings. The highest BCUT2D eigenvalue weighted by Crippen LogP contribution is 2.31. The number of hydrogen-bond donors (Lipinski definition) is 2. The van der Waals surface area contributed by atoms with Crippen molar-refractivity contribution in [1.82, 2.24) is 30.9 Å². The van der Waals surface area contributed by atoms with Crippen LogP contribution in [0.4, 0.5) is 4.39 Å². The zero-order chi connectivity index (χ0) is 20.9. The molecular weight excluding hydrogens is 387 g/mol. The van der Waals surface area contributed by atoms with E-state index in [1.54, 1.807) is 24.3 Å². The molecule has 0 saturated heterocycles. The van der Waals surface area contributed by atoms with Crippen molar-refractivity contribution in [3.8, 4) is 17.0 Å². The standard InChI is InChI=1S/C21H19FN6O2/c1-2-30-19-12-17(13-3-6-15(22)7-4-13)24-18-11-14(5-8-16(18)19)21(29)23-10-9-20-25-27-28-26-20/h3-8,11-12H,2,9-10H2,1H3,(H,23,29)(H,25,26,27,28). The lowest BCUT2D eigenvalue weighted by atomic mass is 10.1. The minimum Gasteiger partial charge on any atom is -0.493 e. The van der Waals surface area contributed by atoms with Crippen molar-refractivity contribution in [2.75, 3.05) is 13.2 Å². The van der Waals surface area contributed by atoms with E-state index in [9.17, 15) is 9.18 Å².